The average Bonchev–Trinajstić information content (AvgIpc) is 2.40. The number of carbonyl (C=O) groups excluding carboxylic acids is 1. The van der Waals surface area contributed by atoms with Crippen molar-refractivity contribution < 1.29 is 19.4 Å². The van der Waals surface area contributed by atoms with Gasteiger partial charge in [0, 0.05) is 6.54 Å². The Balaban J connectivity index is 2.77. The molecule has 0 fully saturated rings. The molecule has 1 atom stereocenters. The second-order valence-electron chi connectivity index (χ2n) is 4.66. The highest BCUT2D eigenvalue weighted by Gasteiger charge is 2.19. The van der Waals surface area contributed by atoms with Crippen molar-refractivity contribution in [1.29, 1.82) is 0 Å². The van der Waals surface area contributed by atoms with E-state index < -0.39 is 12.1 Å². The summed E-state index contributed by atoms with van der Waals surface area (Å²) in [5, 5.41) is 11.9. The smallest absolute Gasteiger partial charge is 0.339 e. The summed E-state index contributed by atoms with van der Waals surface area (Å²) in [6.07, 6.45) is 1.17. The fraction of sp³-hybridized carbons (Fsp3) is 0.467. The van der Waals surface area contributed by atoms with Crippen molar-refractivity contribution in [3.8, 4) is 5.75 Å². The summed E-state index contributed by atoms with van der Waals surface area (Å²) >= 11 is 0. The van der Waals surface area contributed by atoms with Gasteiger partial charge in [-0.1, -0.05) is 25.5 Å². The zero-order valence-corrected chi connectivity index (χ0v) is 12.1. The highest BCUT2D eigenvalue weighted by Crippen LogP contribution is 2.24. The minimum atomic E-state index is -1.07. The van der Waals surface area contributed by atoms with Gasteiger partial charge >= 0.3 is 5.97 Å². The van der Waals surface area contributed by atoms with Gasteiger partial charge in [-0.2, -0.15) is 0 Å². The van der Waals surface area contributed by atoms with E-state index in [2.05, 4.69) is 5.32 Å². The molecule has 2 N–H and O–H groups in total. The number of carboxylic acids is 1. The molecule has 0 aliphatic carbocycles. The molecule has 1 aromatic rings. The molecule has 110 valence electrons. The Morgan fingerprint density at radius 3 is 2.70 bits per heavy atom. The monoisotopic (exact) mass is 279 g/mol. The van der Waals surface area contributed by atoms with Crippen LogP contribution in [0.15, 0.2) is 18.2 Å². The summed E-state index contributed by atoms with van der Waals surface area (Å²) in [7, 11) is 0. The maximum Gasteiger partial charge on any atom is 0.339 e. The number of unbranched alkanes of at least 4 members (excludes halogenated alkanes) is 1. The van der Waals surface area contributed by atoms with E-state index in [1.807, 2.05) is 6.92 Å². The predicted octanol–water partition coefficient (Wildman–Crippen LogP) is 2.38. The molecule has 5 nitrogen and oxygen atoms in total. The number of aryl methyl sites for hydroxylation is 1. The average molecular weight is 279 g/mol. The first-order valence-electron chi connectivity index (χ1n) is 6.74. The molecular formula is C15H21NO4. The van der Waals surface area contributed by atoms with Gasteiger partial charge in [0.15, 0.2) is 6.10 Å². The largest absolute Gasteiger partial charge is 0.480 e. The van der Waals surface area contributed by atoms with E-state index in [0.717, 1.165) is 12.8 Å². The summed E-state index contributed by atoms with van der Waals surface area (Å²) in [4.78, 5) is 23.0. The number of nitrogens with one attached hydrogen (secondary N) is 1. The fourth-order valence-electron chi connectivity index (χ4n) is 1.74. The quantitative estimate of drug-likeness (QED) is 0.751. The predicted molar refractivity (Wildman–Crippen MR) is 76.1 cm³/mol. The highest BCUT2D eigenvalue weighted by atomic mass is 16.5. The van der Waals surface area contributed by atoms with Crippen LogP contribution in [-0.4, -0.2) is 29.6 Å². The molecular weight excluding hydrogens is 258 g/mol. The van der Waals surface area contributed by atoms with E-state index in [1.54, 1.807) is 26.0 Å². The van der Waals surface area contributed by atoms with Crippen LogP contribution in [0.4, 0.5) is 0 Å². The van der Waals surface area contributed by atoms with E-state index in [-0.39, 0.29) is 17.2 Å². The first-order chi connectivity index (χ1) is 9.47. The first-order valence-corrected chi connectivity index (χ1v) is 6.74. The zero-order chi connectivity index (χ0) is 15.1. The van der Waals surface area contributed by atoms with Crippen LogP contribution in [0.5, 0.6) is 5.75 Å². The molecule has 1 unspecified atom stereocenters. The summed E-state index contributed by atoms with van der Waals surface area (Å²) in [5.41, 5.74) is 0.760. The number of aromatic carboxylic acids is 1. The Morgan fingerprint density at radius 2 is 2.10 bits per heavy atom. The minimum Gasteiger partial charge on any atom is -0.480 e. The van der Waals surface area contributed by atoms with Gasteiger partial charge in [-0.25, -0.2) is 4.79 Å². The third-order valence-electron chi connectivity index (χ3n) is 2.94. The van der Waals surface area contributed by atoms with Gasteiger partial charge < -0.3 is 15.2 Å². The first kappa shape index (κ1) is 16.0. The van der Waals surface area contributed by atoms with Gasteiger partial charge in [-0.15, -0.1) is 0 Å². The van der Waals surface area contributed by atoms with Crippen LogP contribution in [0.2, 0.25) is 0 Å². The maximum absolute atomic E-state index is 11.8. The number of carboxylic acid groups (broad SMARTS) is 1. The van der Waals surface area contributed by atoms with Crippen LogP contribution < -0.4 is 10.1 Å². The molecule has 0 bridgehead atoms. The van der Waals surface area contributed by atoms with Crippen LogP contribution in [0.3, 0.4) is 0 Å². The SMILES string of the molecule is CCCCNC(=O)C(C)Oc1c(C)cccc1C(=O)O. The third-order valence-corrected chi connectivity index (χ3v) is 2.94. The molecule has 0 radical (unpaired) electrons. The fourth-order valence-corrected chi connectivity index (χ4v) is 1.74. The summed E-state index contributed by atoms with van der Waals surface area (Å²) in [6, 6.07) is 4.87. The molecule has 5 heteroatoms. The number of hydrogen-bond acceptors (Lipinski definition) is 3. The lowest BCUT2D eigenvalue weighted by atomic mass is 10.1. The lowest BCUT2D eigenvalue weighted by Crippen LogP contribution is -2.37. The Labute approximate surface area is 118 Å². The number of para-hydroxylation sites is 1. The topological polar surface area (TPSA) is 75.6 Å². The van der Waals surface area contributed by atoms with Crippen molar-refractivity contribution in [2.75, 3.05) is 6.54 Å². The van der Waals surface area contributed by atoms with Crippen LogP contribution in [0.25, 0.3) is 0 Å². The van der Waals surface area contributed by atoms with Gasteiger partial charge in [-0.3, -0.25) is 4.79 Å². The Hall–Kier alpha value is -2.04. The van der Waals surface area contributed by atoms with Crippen LogP contribution in [0.1, 0.15) is 42.6 Å². The van der Waals surface area contributed by atoms with E-state index in [9.17, 15) is 9.59 Å². The number of hydrogen-bond donors (Lipinski definition) is 2. The lowest BCUT2D eigenvalue weighted by molar-refractivity contribution is -0.127. The van der Waals surface area contributed by atoms with Crippen molar-refractivity contribution in [1.82, 2.24) is 5.32 Å². The molecule has 1 aromatic carbocycles. The normalized spacial score (nSPS) is 11.8. The minimum absolute atomic E-state index is 0.0678. The number of rotatable bonds is 7. The van der Waals surface area contributed by atoms with Gasteiger partial charge in [0.25, 0.3) is 5.91 Å². The van der Waals surface area contributed by atoms with Crippen molar-refractivity contribution >= 4 is 11.9 Å². The van der Waals surface area contributed by atoms with Crippen LogP contribution in [-0.2, 0) is 4.79 Å². The summed E-state index contributed by atoms with van der Waals surface area (Å²) < 4.78 is 5.54. The molecule has 0 aliphatic heterocycles. The van der Waals surface area contributed by atoms with Crippen molar-refractivity contribution in [2.45, 2.75) is 39.7 Å². The molecule has 0 aromatic heterocycles. The van der Waals surface area contributed by atoms with E-state index in [0.29, 0.717) is 12.1 Å². The number of ether oxygens (including phenoxy) is 1. The third kappa shape index (κ3) is 4.26. The van der Waals surface area contributed by atoms with Gasteiger partial charge in [0.2, 0.25) is 0 Å². The maximum atomic E-state index is 11.8. The molecule has 1 rings (SSSR count). The molecule has 20 heavy (non-hydrogen) atoms. The molecule has 0 saturated heterocycles. The standard InChI is InChI=1S/C15H21NO4/c1-4-5-9-16-14(17)11(3)20-13-10(2)7-6-8-12(13)15(18)19/h6-8,11H,4-5,9H2,1-3H3,(H,16,17)(H,18,19). The summed E-state index contributed by atoms with van der Waals surface area (Å²) in [6.45, 7) is 6.00. The zero-order valence-electron chi connectivity index (χ0n) is 12.1. The number of carbonyl (C=O) groups is 2. The van der Waals surface area contributed by atoms with Crippen LogP contribution in [0, 0.1) is 6.92 Å². The van der Waals surface area contributed by atoms with Crippen molar-refractivity contribution in [3.63, 3.8) is 0 Å². The molecule has 1 amide bonds. The molecule has 0 heterocycles. The highest BCUT2D eigenvalue weighted by molar-refractivity contribution is 5.91. The Bertz CT molecular complexity index is 485. The van der Waals surface area contributed by atoms with Crippen molar-refractivity contribution in [2.24, 2.45) is 0 Å². The van der Waals surface area contributed by atoms with Crippen molar-refractivity contribution in [3.05, 3.63) is 29.3 Å². The summed E-state index contributed by atoms with van der Waals surface area (Å²) in [5.74, 6) is -1.06. The van der Waals surface area contributed by atoms with E-state index in [1.165, 1.54) is 6.07 Å². The molecule has 0 saturated carbocycles. The van der Waals surface area contributed by atoms with Gasteiger partial charge in [0.05, 0.1) is 0 Å². The molecule has 0 aliphatic rings. The number of amides is 1. The lowest BCUT2D eigenvalue weighted by Gasteiger charge is -2.17. The van der Waals surface area contributed by atoms with Gasteiger partial charge in [0.1, 0.15) is 11.3 Å². The Kier molecular flexibility index (Phi) is 6.03. The van der Waals surface area contributed by atoms with Crippen LogP contribution >= 0.6 is 0 Å². The van der Waals surface area contributed by atoms with E-state index in [4.69, 9.17) is 9.84 Å². The van der Waals surface area contributed by atoms with E-state index >= 15 is 0 Å². The Morgan fingerprint density at radius 1 is 1.40 bits per heavy atom. The second-order valence-corrected chi connectivity index (χ2v) is 4.66. The number of benzene rings is 1. The molecule has 0 spiro atoms. The second kappa shape index (κ2) is 7.53. The van der Waals surface area contributed by atoms with Gasteiger partial charge in [-0.05, 0) is 31.9 Å².